The minimum absolute atomic E-state index is 0.00541. The fourth-order valence-corrected chi connectivity index (χ4v) is 5.70. The number of carbonyl (C=O) groups is 3. The highest BCUT2D eigenvalue weighted by atomic mass is 33.1. The number of likely N-dealkylation sites (tertiary alicyclic amines) is 1. The third-order valence-electron chi connectivity index (χ3n) is 5.06. The summed E-state index contributed by atoms with van der Waals surface area (Å²) in [4.78, 5) is 37.4. The number of hydrogen-bond donors (Lipinski definition) is 3. The first-order valence-corrected chi connectivity index (χ1v) is 12.7. The van der Waals surface area contributed by atoms with Crippen molar-refractivity contribution in [2.75, 3.05) is 39.6 Å². The fourth-order valence-electron chi connectivity index (χ4n) is 3.14. The number of aliphatic hydroxyl groups excluding tert-OH is 1. The third kappa shape index (κ3) is 10.4. The summed E-state index contributed by atoms with van der Waals surface area (Å²) in [6, 6.07) is -0.175. The molecule has 0 saturated carbocycles. The molecule has 8 nitrogen and oxygen atoms in total. The molecule has 1 aliphatic rings. The lowest BCUT2D eigenvalue weighted by Crippen LogP contribution is -2.38. The second-order valence-electron chi connectivity index (χ2n) is 8.02. The Labute approximate surface area is 188 Å². The molecule has 0 aromatic heterocycles. The molecule has 10 heteroatoms. The van der Waals surface area contributed by atoms with Crippen LogP contribution in [0.25, 0.3) is 0 Å². The number of nitrogens with zero attached hydrogens (tertiary/aromatic N) is 1. The van der Waals surface area contributed by atoms with Crippen LogP contribution in [0.15, 0.2) is 0 Å². The summed E-state index contributed by atoms with van der Waals surface area (Å²) >= 11 is 0. The fraction of sp³-hybridized carbons (Fsp3) is 0.850. The van der Waals surface area contributed by atoms with Gasteiger partial charge in [-0.2, -0.15) is 0 Å². The molecule has 1 heterocycles. The molecule has 0 aromatic rings. The van der Waals surface area contributed by atoms with Crippen LogP contribution in [0.4, 0.5) is 0 Å². The van der Waals surface area contributed by atoms with Crippen molar-refractivity contribution >= 4 is 39.3 Å². The number of hydrogen-bond acceptors (Lipinski definition) is 7. The summed E-state index contributed by atoms with van der Waals surface area (Å²) in [5, 5.41) is 14.9. The van der Waals surface area contributed by atoms with Crippen LogP contribution in [0.1, 0.15) is 52.4 Å². The van der Waals surface area contributed by atoms with Crippen molar-refractivity contribution in [1.82, 2.24) is 15.5 Å². The Kier molecular flexibility index (Phi) is 12.8. The molecule has 0 radical (unpaired) electrons. The molecule has 1 saturated heterocycles. The highest BCUT2D eigenvalue weighted by Crippen LogP contribution is 2.38. The van der Waals surface area contributed by atoms with Crippen LogP contribution in [-0.4, -0.2) is 84.2 Å². The van der Waals surface area contributed by atoms with Gasteiger partial charge in [0.1, 0.15) is 0 Å². The first-order chi connectivity index (χ1) is 14.2. The lowest BCUT2D eigenvalue weighted by molar-refractivity contribution is -0.133. The van der Waals surface area contributed by atoms with Crippen molar-refractivity contribution in [2.24, 2.45) is 0 Å². The largest absolute Gasteiger partial charge is 0.394 e. The van der Waals surface area contributed by atoms with Gasteiger partial charge in [-0.1, -0.05) is 21.6 Å². The Balaban J connectivity index is 2.17. The van der Waals surface area contributed by atoms with Gasteiger partial charge in [-0.05, 0) is 33.1 Å². The molecule has 0 bridgehead atoms. The molecule has 1 fully saturated rings. The van der Waals surface area contributed by atoms with Crippen molar-refractivity contribution < 1.29 is 24.2 Å². The second-order valence-corrected chi connectivity index (χ2v) is 11.1. The molecule has 0 unspecified atom stereocenters. The molecule has 2 atom stereocenters. The number of methoxy groups -OCH3 is 1. The lowest BCUT2D eigenvalue weighted by Gasteiger charge is -2.23. The van der Waals surface area contributed by atoms with Gasteiger partial charge in [-0.25, -0.2) is 0 Å². The van der Waals surface area contributed by atoms with Gasteiger partial charge in [0, 0.05) is 57.0 Å². The number of carbonyl (C=O) groups excluding carboxylic acids is 3. The average molecular weight is 464 g/mol. The van der Waals surface area contributed by atoms with E-state index >= 15 is 0 Å². The maximum atomic E-state index is 12.4. The molecule has 0 spiro atoms. The first kappa shape index (κ1) is 27.1. The SMILES string of the molecule is CNC(=O)CCSSC(C)(C)CCC(=O)NCCCC(=O)N1C[C@@H](OC)C[C@@H]1CO. The number of ether oxygens (including phenoxy) is 1. The normalized spacial score (nSPS) is 19.0. The predicted molar refractivity (Wildman–Crippen MR) is 122 cm³/mol. The van der Waals surface area contributed by atoms with Crippen molar-refractivity contribution in [3.63, 3.8) is 0 Å². The monoisotopic (exact) mass is 463 g/mol. The Morgan fingerprint density at radius 1 is 1.20 bits per heavy atom. The Morgan fingerprint density at radius 3 is 2.57 bits per heavy atom. The smallest absolute Gasteiger partial charge is 0.223 e. The molecule has 0 aromatic carbocycles. The number of aliphatic hydroxyl groups is 1. The van der Waals surface area contributed by atoms with Gasteiger partial charge in [0.15, 0.2) is 0 Å². The molecular weight excluding hydrogens is 426 g/mol. The van der Waals surface area contributed by atoms with E-state index in [4.69, 9.17) is 4.74 Å². The quantitative estimate of drug-likeness (QED) is 0.265. The Hall–Kier alpha value is -0.970. The topological polar surface area (TPSA) is 108 Å². The van der Waals surface area contributed by atoms with E-state index in [0.717, 1.165) is 12.2 Å². The van der Waals surface area contributed by atoms with Crippen molar-refractivity contribution in [1.29, 1.82) is 0 Å². The average Bonchev–Trinajstić information content (AvgIpc) is 3.16. The lowest BCUT2D eigenvalue weighted by atomic mass is 10.1. The van der Waals surface area contributed by atoms with Gasteiger partial charge < -0.3 is 25.4 Å². The van der Waals surface area contributed by atoms with Crippen LogP contribution in [0.3, 0.4) is 0 Å². The van der Waals surface area contributed by atoms with Crippen LogP contribution < -0.4 is 10.6 Å². The molecular formula is C20H37N3O5S2. The molecule has 0 aliphatic carbocycles. The van der Waals surface area contributed by atoms with E-state index in [0.29, 0.717) is 45.2 Å². The highest BCUT2D eigenvalue weighted by Gasteiger charge is 2.34. The summed E-state index contributed by atoms with van der Waals surface area (Å²) in [5.74, 6) is 0.760. The molecule has 174 valence electrons. The first-order valence-electron chi connectivity index (χ1n) is 10.4. The third-order valence-corrected chi connectivity index (χ3v) is 8.41. The van der Waals surface area contributed by atoms with Gasteiger partial charge in [-0.3, -0.25) is 14.4 Å². The predicted octanol–water partition coefficient (Wildman–Crippen LogP) is 1.57. The summed E-state index contributed by atoms with van der Waals surface area (Å²) in [6.07, 6.45) is 3.21. The number of rotatable bonds is 14. The maximum Gasteiger partial charge on any atom is 0.223 e. The van der Waals surface area contributed by atoms with Crippen LogP contribution in [-0.2, 0) is 19.1 Å². The van der Waals surface area contributed by atoms with Gasteiger partial charge in [0.25, 0.3) is 0 Å². The number of nitrogens with one attached hydrogen (secondary N) is 2. The van der Waals surface area contributed by atoms with Gasteiger partial charge in [-0.15, -0.1) is 0 Å². The standard InChI is InChI=1S/C20H37N3O5S2/c1-20(2,30-29-11-8-17(25)21-3)9-7-18(26)22-10-5-6-19(27)23-13-16(28-4)12-15(23)14-24/h15-16,24H,5-14H2,1-4H3,(H,21,25)(H,22,26)/t15-,16+/m1/s1. The van der Waals surface area contributed by atoms with Crippen LogP contribution in [0.5, 0.6) is 0 Å². The summed E-state index contributed by atoms with van der Waals surface area (Å²) in [7, 11) is 6.60. The molecule has 30 heavy (non-hydrogen) atoms. The van der Waals surface area contributed by atoms with E-state index in [1.165, 1.54) is 0 Å². The van der Waals surface area contributed by atoms with Gasteiger partial charge in [0.2, 0.25) is 17.7 Å². The van der Waals surface area contributed by atoms with E-state index < -0.39 is 0 Å². The number of amides is 3. The van der Waals surface area contributed by atoms with Crippen molar-refractivity contribution in [3.8, 4) is 0 Å². The summed E-state index contributed by atoms with van der Waals surface area (Å²) in [5.41, 5.74) is 0. The van der Waals surface area contributed by atoms with E-state index in [1.807, 2.05) is 0 Å². The molecule has 1 aliphatic heterocycles. The Bertz CT molecular complexity index is 563. The van der Waals surface area contributed by atoms with Crippen molar-refractivity contribution in [2.45, 2.75) is 69.3 Å². The summed E-state index contributed by atoms with van der Waals surface area (Å²) in [6.45, 7) is 5.11. The van der Waals surface area contributed by atoms with E-state index in [1.54, 1.807) is 40.6 Å². The van der Waals surface area contributed by atoms with Crippen LogP contribution >= 0.6 is 21.6 Å². The highest BCUT2D eigenvalue weighted by molar-refractivity contribution is 8.77. The minimum Gasteiger partial charge on any atom is -0.394 e. The zero-order valence-electron chi connectivity index (χ0n) is 18.6. The summed E-state index contributed by atoms with van der Waals surface area (Å²) < 4.78 is 5.24. The van der Waals surface area contributed by atoms with E-state index in [2.05, 4.69) is 24.5 Å². The van der Waals surface area contributed by atoms with Gasteiger partial charge >= 0.3 is 0 Å². The molecule has 3 N–H and O–H groups in total. The van der Waals surface area contributed by atoms with Crippen LogP contribution in [0, 0.1) is 0 Å². The van der Waals surface area contributed by atoms with Gasteiger partial charge in [0.05, 0.1) is 18.8 Å². The van der Waals surface area contributed by atoms with E-state index in [9.17, 15) is 19.5 Å². The molecule has 3 amide bonds. The second kappa shape index (κ2) is 14.2. The maximum absolute atomic E-state index is 12.4. The van der Waals surface area contributed by atoms with E-state index in [-0.39, 0.29) is 41.2 Å². The zero-order chi connectivity index (χ0) is 22.6. The zero-order valence-corrected chi connectivity index (χ0v) is 20.2. The van der Waals surface area contributed by atoms with Crippen LogP contribution in [0.2, 0.25) is 0 Å². The minimum atomic E-state index is -0.175. The molecule has 1 rings (SSSR count). The van der Waals surface area contributed by atoms with Crippen molar-refractivity contribution in [3.05, 3.63) is 0 Å². The Morgan fingerprint density at radius 2 is 1.93 bits per heavy atom.